The van der Waals surface area contributed by atoms with Gasteiger partial charge in [-0.25, -0.2) is 0 Å². The van der Waals surface area contributed by atoms with Crippen molar-refractivity contribution in [1.29, 1.82) is 0 Å². The van der Waals surface area contributed by atoms with Crippen molar-refractivity contribution in [2.75, 3.05) is 5.01 Å². The van der Waals surface area contributed by atoms with Crippen LogP contribution in [0.15, 0.2) is 27.0 Å². The Hall–Kier alpha value is -1.82. The van der Waals surface area contributed by atoms with Gasteiger partial charge in [-0.1, -0.05) is 26.2 Å². The van der Waals surface area contributed by atoms with Crippen LogP contribution in [0.25, 0.3) is 0 Å². The van der Waals surface area contributed by atoms with Gasteiger partial charge < -0.3 is 0 Å². The van der Waals surface area contributed by atoms with Crippen molar-refractivity contribution in [3.63, 3.8) is 0 Å². The minimum Gasteiger partial charge on any atom is -0.282 e. The lowest BCUT2D eigenvalue weighted by atomic mass is 10.1. The average Bonchev–Trinajstić information content (AvgIpc) is 2.90. The van der Waals surface area contributed by atoms with Crippen molar-refractivity contribution in [1.82, 2.24) is 0 Å². The average molecular weight is 418 g/mol. The highest BCUT2D eigenvalue weighted by Gasteiger charge is 2.32. The number of hydrogen-bond acceptors (Lipinski definition) is 6. The highest BCUT2D eigenvalue weighted by molar-refractivity contribution is 7.86. The number of nitrogens with zero attached hydrogens (tertiary/aromatic N) is 2. The number of unbranched alkanes of at least 4 members (excludes halogenated alkanes) is 3. The summed E-state index contributed by atoms with van der Waals surface area (Å²) in [4.78, 5) is 11.1. The molecule has 1 aromatic rings. The first kappa shape index (κ1) is 21.5. The fourth-order valence-electron chi connectivity index (χ4n) is 2.87. The lowest BCUT2D eigenvalue weighted by molar-refractivity contribution is -0.116. The molecule has 1 aromatic carbocycles. The van der Waals surface area contributed by atoms with Crippen molar-refractivity contribution in [2.45, 2.75) is 62.2 Å². The second kappa shape index (κ2) is 8.05. The van der Waals surface area contributed by atoms with Gasteiger partial charge in [0.15, 0.2) is 0 Å². The third kappa shape index (κ3) is 5.12. The quantitative estimate of drug-likeness (QED) is 0.488. The number of benzene rings is 1. The maximum Gasteiger partial charge on any atom is 0.296 e. The van der Waals surface area contributed by atoms with Crippen LogP contribution in [-0.2, 0) is 25.0 Å². The van der Waals surface area contributed by atoms with E-state index < -0.39 is 41.6 Å². The molecule has 1 amide bonds. The summed E-state index contributed by atoms with van der Waals surface area (Å²) in [7, 11) is -9.42. The number of amides is 1. The number of rotatable bonds is 8. The maximum absolute atomic E-state index is 12.3. The molecule has 0 aliphatic carbocycles. The molecule has 1 heterocycles. The van der Waals surface area contributed by atoms with E-state index in [0.717, 1.165) is 42.8 Å². The predicted molar refractivity (Wildman–Crippen MR) is 99.1 cm³/mol. The van der Waals surface area contributed by atoms with Gasteiger partial charge in [-0.05, 0) is 37.5 Å². The van der Waals surface area contributed by atoms with Crippen LogP contribution < -0.4 is 5.01 Å². The molecule has 9 nitrogen and oxygen atoms in total. The maximum atomic E-state index is 12.3. The number of aryl methyl sites for hydroxylation is 1. The predicted octanol–water partition coefficient (Wildman–Crippen LogP) is 2.55. The summed E-state index contributed by atoms with van der Waals surface area (Å²) in [6, 6.07) is 1.71. The molecule has 2 N–H and O–H groups in total. The summed E-state index contributed by atoms with van der Waals surface area (Å²) in [5.74, 6) is -0.546. The minimum atomic E-state index is -4.76. The van der Waals surface area contributed by atoms with Crippen molar-refractivity contribution in [2.24, 2.45) is 5.10 Å². The molecule has 1 aliphatic heterocycles. The van der Waals surface area contributed by atoms with Crippen LogP contribution in [0.4, 0.5) is 5.69 Å². The van der Waals surface area contributed by atoms with E-state index >= 15 is 0 Å². The normalized spacial score (nSPS) is 15.3. The fourth-order valence-corrected chi connectivity index (χ4v) is 4.33. The number of anilines is 1. The zero-order chi connectivity index (χ0) is 20.4. The summed E-state index contributed by atoms with van der Waals surface area (Å²) in [5.41, 5.74) is 0.0416. The van der Waals surface area contributed by atoms with Crippen LogP contribution in [0.2, 0.25) is 0 Å². The molecule has 2 rings (SSSR count). The van der Waals surface area contributed by atoms with Crippen LogP contribution >= 0.6 is 0 Å². The molecule has 0 unspecified atom stereocenters. The number of hydrogen-bond donors (Lipinski definition) is 2. The smallest absolute Gasteiger partial charge is 0.282 e. The van der Waals surface area contributed by atoms with E-state index in [0.29, 0.717) is 12.1 Å². The SMILES string of the molecule is CCCCCCC1=NN(c2cc(S(=O)(=O)O)c(C)cc2S(=O)(=O)O)C(=O)C1. The van der Waals surface area contributed by atoms with Crippen LogP contribution in [0.5, 0.6) is 0 Å². The Balaban J connectivity index is 2.49. The third-order valence-electron chi connectivity index (χ3n) is 4.19. The third-order valence-corrected chi connectivity index (χ3v) is 6.07. The number of carbonyl (C=O) groups is 1. The molecule has 0 saturated carbocycles. The summed E-state index contributed by atoms with van der Waals surface area (Å²) in [6.07, 6.45) is 4.43. The van der Waals surface area contributed by atoms with Crippen molar-refractivity contribution < 1.29 is 30.7 Å². The molecule has 150 valence electrons. The van der Waals surface area contributed by atoms with E-state index in [1.807, 2.05) is 0 Å². The van der Waals surface area contributed by atoms with Gasteiger partial charge in [0.2, 0.25) is 0 Å². The molecule has 0 bridgehead atoms. The van der Waals surface area contributed by atoms with Gasteiger partial charge in [0.05, 0.1) is 17.0 Å². The standard InChI is InChI=1S/C16H22N2O7S2/c1-3-4-5-6-7-12-9-16(19)18(17-12)13-10-14(26(20,21)22)11(2)8-15(13)27(23,24)25/h8,10H,3-7,9H2,1-2H3,(H,20,21,22)(H,23,24,25). The molecule has 0 atom stereocenters. The Bertz CT molecular complexity index is 982. The highest BCUT2D eigenvalue weighted by atomic mass is 32.2. The first-order valence-electron chi connectivity index (χ1n) is 8.44. The first-order valence-corrected chi connectivity index (χ1v) is 11.3. The minimum absolute atomic E-state index is 0.0217. The molecular formula is C16H22N2O7S2. The summed E-state index contributed by atoms with van der Waals surface area (Å²) >= 11 is 0. The lowest BCUT2D eigenvalue weighted by Gasteiger charge is -2.17. The summed E-state index contributed by atoms with van der Waals surface area (Å²) in [6.45, 7) is 3.33. The Morgan fingerprint density at radius 3 is 2.22 bits per heavy atom. The molecule has 0 radical (unpaired) electrons. The second-order valence-corrected chi connectivity index (χ2v) is 9.17. The monoisotopic (exact) mass is 418 g/mol. The van der Waals surface area contributed by atoms with Gasteiger partial charge in [-0.3, -0.25) is 13.9 Å². The van der Waals surface area contributed by atoms with Crippen molar-refractivity contribution in [3.8, 4) is 0 Å². The Labute approximate surface area is 158 Å². The Kier molecular flexibility index (Phi) is 6.40. The van der Waals surface area contributed by atoms with E-state index in [-0.39, 0.29) is 12.0 Å². The largest absolute Gasteiger partial charge is 0.296 e. The van der Waals surface area contributed by atoms with Gasteiger partial charge in [0, 0.05) is 5.71 Å². The van der Waals surface area contributed by atoms with E-state index in [1.54, 1.807) is 0 Å². The van der Waals surface area contributed by atoms with E-state index in [9.17, 15) is 30.7 Å². The van der Waals surface area contributed by atoms with Crippen LogP contribution in [-0.4, -0.2) is 37.6 Å². The van der Waals surface area contributed by atoms with Gasteiger partial charge in [-0.2, -0.15) is 26.9 Å². The van der Waals surface area contributed by atoms with Gasteiger partial charge in [-0.15, -0.1) is 0 Å². The molecule has 0 spiro atoms. The Morgan fingerprint density at radius 1 is 1.04 bits per heavy atom. The van der Waals surface area contributed by atoms with E-state index in [4.69, 9.17) is 0 Å². The molecular weight excluding hydrogens is 396 g/mol. The molecule has 27 heavy (non-hydrogen) atoms. The second-order valence-electron chi connectivity index (χ2n) is 6.39. The van der Waals surface area contributed by atoms with E-state index in [1.165, 1.54) is 6.92 Å². The topological polar surface area (TPSA) is 141 Å². The van der Waals surface area contributed by atoms with Gasteiger partial charge in [0.1, 0.15) is 4.90 Å². The first-order chi connectivity index (χ1) is 12.4. The van der Waals surface area contributed by atoms with Gasteiger partial charge in [0.25, 0.3) is 26.1 Å². The number of hydrazone groups is 1. The van der Waals surface area contributed by atoms with Crippen LogP contribution in [0.1, 0.15) is 51.0 Å². The molecule has 0 fully saturated rings. The zero-order valence-corrected chi connectivity index (χ0v) is 16.7. The zero-order valence-electron chi connectivity index (χ0n) is 15.0. The van der Waals surface area contributed by atoms with Crippen molar-refractivity contribution in [3.05, 3.63) is 17.7 Å². The highest BCUT2D eigenvalue weighted by Crippen LogP contribution is 2.33. The summed E-state index contributed by atoms with van der Waals surface area (Å²) < 4.78 is 65.3. The number of carbonyl (C=O) groups excluding carboxylic acids is 1. The molecule has 1 aliphatic rings. The fraction of sp³-hybridized carbons (Fsp3) is 0.500. The Morgan fingerprint density at radius 2 is 1.67 bits per heavy atom. The van der Waals surface area contributed by atoms with E-state index in [2.05, 4.69) is 12.0 Å². The van der Waals surface area contributed by atoms with Crippen LogP contribution in [0, 0.1) is 6.92 Å². The molecule has 0 aromatic heterocycles. The molecule has 11 heteroatoms. The van der Waals surface area contributed by atoms with Gasteiger partial charge >= 0.3 is 0 Å². The molecule has 0 saturated heterocycles. The van der Waals surface area contributed by atoms with Crippen molar-refractivity contribution >= 4 is 37.5 Å². The van der Waals surface area contributed by atoms with Crippen LogP contribution in [0.3, 0.4) is 0 Å². The summed E-state index contributed by atoms with van der Waals surface area (Å²) in [5, 5.41) is 4.88. The lowest BCUT2D eigenvalue weighted by Crippen LogP contribution is -2.22.